The molecule has 0 radical (unpaired) electrons. The zero-order chi connectivity index (χ0) is 13.8. The number of anilines is 1. The second kappa shape index (κ2) is 5.78. The average Bonchev–Trinajstić information content (AvgIpc) is 2.39. The smallest absolute Gasteiger partial charge is 0.223 e. The van der Waals surface area contributed by atoms with Crippen LogP contribution in [0.3, 0.4) is 0 Å². The summed E-state index contributed by atoms with van der Waals surface area (Å²) >= 11 is 0. The van der Waals surface area contributed by atoms with E-state index in [4.69, 9.17) is 0 Å². The lowest BCUT2D eigenvalue weighted by Gasteiger charge is -2.08. The number of benzene rings is 1. The van der Waals surface area contributed by atoms with Crippen LogP contribution < -0.4 is 5.32 Å². The van der Waals surface area contributed by atoms with Gasteiger partial charge < -0.3 is 5.32 Å². The number of nitrogens with one attached hydrogen (secondary N) is 1. The molecule has 0 spiro atoms. The molecule has 0 saturated heterocycles. The summed E-state index contributed by atoms with van der Waals surface area (Å²) < 4.78 is 13.8. The molecule has 0 aliphatic rings. The highest BCUT2D eigenvalue weighted by Gasteiger charge is 2.09. The van der Waals surface area contributed by atoms with Crippen molar-refractivity contribution in [3.05, 3.63) is 41.8 Å². The number of rotatable bonds is 4. The van der Waals surface area contributed by atoms with Crippen molar-refractivity contribution in [1.29, 1.82) is 0 Å². The Kier molecular flexibility index (Phi) is 4.10. The van der Waals surface area contributed by atoms with Crippen molar-refractivity contribution in [3.63, 3.8) is 0 Å². The molecule has 1 aromatic heterocycles. The van der Waals surface area contributed by atoms with E-state index in [2.05, 4.69) is 35.2 Å². The van der Waals surface area contributed by atoms with Crippen LogP contribution in [0.1, 0.15) is 19.4 Å². The topological polar surface area (TPSA) is 37.8 Å². The maximum Gasteiger partial charge on any atom is 0.223 e. The first-order valence-electron chi connectivity index (χ1n) is 6.39. The van der Waals surface area contributed by atoms with Crippen molar-refractivity contribution in [2.75, 3.05) is 12.4 Å². The first kappa shape index (κ1) is 13.5. The van der Waals surface area contributed by atoms with E-state index in [0.717, 1.165) is 12.0 Å². The Balaban J connectivity index is 2.41. The molecule has 2 aromatic rings. The third-order valence-electron chi connectivity index (χ3n) is 2.81. The highest BCUT2D eigenvalue weighted by atomic mass is 19.1. The molecule has 0 amide bonds. The molecule has 0 bridgehead atoms. The van der Waals surface area contributed by atoms with Crippen LogP contribution in [0.15, 0.2) is 30.5 Å². The molecule has 0 aliphatic carbocycles. The van der Waals surface area contributed by atoms with Crippen LogP contribution in [0.5, 0.6) is 0 Å². The molecule has 3 nitrogen and oxygen atoms in total. The molecule has 100 valence electrons. The summed E-state index contributed by atoms with van der Waals surface area (Å²) in [6, 6.07) is 7.86. The number of hydrogen-bond donors (Lipinski definition) is 1. The Hall–Kier alpha value is -1.97. The summed E-state index contributed by atoms with van der Waals surface area (Å²) in [6.07, 6.45) is 2.17. The quantitative estimate of drug-likeness (QED) is 0.912. The largest absolute Gasteiger partial charge is 0.357 e. The number of halogens is 1. The lowest BCUT2D eigenvalue weighted by atomic mass is 10.00. The van der Waals surface area contributed by atoms with E-state index in [1.54, 1.807) is 7.05 Å². The molecule has 19 heavy (non-hydrogen) atoms. The van der Waals surface area contributed by atoms with E-state index in [0.29, 0.717) is 17.6 Å². The molecule has 0 aliphatic heterocycles. The van der Waals surface area contributed by atoms with Crippen molar-refractivity contribution < 1.29 is 4.39 Å². The van der Waals surface area contributed by atoms with Gasteiger partial charge in [-0.1, -0.05) is 32.0 Å². The van der Waals surface area contributed by atoms with Crippen molar-refractivity contribution in [2.45, 2.75) is 20.3 Å². The van der Waals surface area contributed by atoms with Crippen LogP contribution in [0.25, 0.3) is 11.3 Å². The van der Waals surface area contributed by atoms with Crippen LogP contribution in [-0.2, 0) is 6.42 Å². The second-order valence-electron chi connectivity index (χ2n) is 4.94. The fraction of sp³-hybridized carbons (Fsp3) is 0.333. The number of aromatic nitrogens is 2. The lowest BCUT2D eigenvalue weighted by molar-refractivity contribution is 0.618. The molecular weight excluding hydrogens is 241 g/mol. The molecule has 0 saturated carbocycles. The predicted molar refractivity (Wildman–Crippen MR) is 75.5 cm³/mol. The van der Waals surface area contributed by atoms with Crippen LogP contribution >= 0.6 is 0 Å². The summed E-state index contributed by atoms with van der Waals surface area (Å²) in [6.45, 7) is 4.33. The van der Waals surface area contributed by atoms with Gasteiger partial charge in [0.1, 0.15) is 5.69 Å². The molecule has 2 rings (SSSR count). The highest BCUT2D eigenvalue weighted by Crippen LogP contribution is 2.23. The monoisotopic (exact) mass is 259 g/mol. The van der Waals surface area contributed by atoms with E-state index < -0.39 is 5.82 Å². The van der Waals surface area contributed by atoms with Crippen molar-refractivity contribution in [2.24, 2.45) is 5.92 Å². The Morgan fingerprint density at radius 1 is 1.32 bits per heavy atom. The predicted octanol–water partition coefficient (Wildman–Crippen LogP) is 3.52. The Bertz CT molecular complexity index is 567. The van der Waals surface area contributed by atoms with Crippen molar-refractivity contribution in [1.82, 2.24) is 9.97 Å². The summed E-state index contributed by atoms with van der Waals surface area (Å²) in [5, 5.41) is 2.82. The van der Waals surface area contributed by atoms with E-state index in [9.17, 15) is 4.39 Å². The van der Waals surface area contributed by atoms with Gasteiger partial charge in [-0.15, -0.1) is 0 Å². The van der Waals surface area contributed by atoms with Crippen molar-refractivity contribution >= 4 is 5.95 Å². The molecule has 1 N–H and O–H groups in total. The van der Waals surface area contributed by atoms with Crippen LogP contribution in [-0.4, -0.2) is 17.0 Å². The first-order chi connectivity index (χ1) is 9.10. The maximum absolute atomic E-state index is 13.8. The molecule has 0 atom stereocenters. The summed E-state index contributed by atoms with van der Waals surface area (Å²) in [7, 11) is 1.71. The van der Waals surface area contributed by atoms with Gasteiger partial charge in [0.2, 0.25) is 5.95 Å². The Labute approximate surface area is 112 Å². The average molecular weight is 259 g/mol. The number of hydrogen-bond acceptors (Lipinski definition) is 3. The van der Waals surface area contributed by atoms with Crippen molar-refractivity contribution in [3.8, 4) is 11.3 Å². The molecule has 1 heterocycles. The maximum atomic E-state index is 13.8. The fourth-order valence-electron chi connectivity index (χ4n) is 2.01. The minimum atomic E-state index is -0.402. The van der Waals surface area contributed by atoms with E-state index in [1.165, 1.54) is 11.8 Å². The first-order valence-corrected chi connectivity index (χ1v) is 6.39. The van der Waals surface area contributed by atoms with Gasteiger partial charge in [0.15, 0.2) is 5.82 Å². The molecule has 0 unspecified atom stereocenters. The second-order valence-corrected chi connectivity index (χ2v) is 4.94. The zero-order valence-corrected chi connectivity index (χ0v) is 11.4. The van der Waals surface area contributed by atoms with Gasteiger partial charge in [-0.3, -0.25) is 0 Å². The Morgan fingerprint density at radius 3 is 2.79 bits per heavy atom. The normalized spacial score (nSPS) is 10.8. The van der Waals surface area contributed by atoms with E-state index in [-0.39, 0.29) is 0 Å². The van der Waals surface area contributed by atoms with Gasteiger partial charge in [0.05, 0.1) is 6.20 Å². The zero-order valence-electron chi connectivity index (χ0n) is 11.4. The molecule has 4 heteroatoms. The number of nitrogens with zero attached hydrogens (tertiary/aromatic N) is 2. The van der Waals surface area contributed by atoms with Crippen LogP contribution in [0.4, 0.5) is 10.3 Å². The van der Waals surface area contributed by atoms with Crippen LogP contribution in [0, 0.1) is 11.7 Å². The van der Waals surface area contributed by atoms with Gasteiger partial charge in [0, 0.05) is 12.6 Å². The summed E-state index contributed by atoms with van der Waals surface area (Å²) in [5.74, 6) is 0.588. The third-order valence-corrected chi connectivity index (χ3v) is 2.81. The molecular formula is C15H18FN3. The minimum Gasteiger partial charge on any atom is -0.357 e. The van der Waals surface area contributed by atoms with Gasteiger partial charge in [-0.2, -0.15) is 0 Å². The van der Waals surface area contributed by atoms with Gasteiger partial charge >= 0.3 is 0 Å². The fourth-order valence-corrected chi connectivity index (χ4v) is 2.01. The standard InChI is InChI=1S/C15H18FN3/c1-10(2)7-11-5-4-6-12(8-11)14-13(16)9-18-15(17-3)19-14/h4-6,8-10H,7H2,1-3H3,(H,17,18,19). The van der Waals surface area contributed by atoms with Crippen LogP contribution in [0.2, 0.25) is 0 Å². The minimum absolute atomic E-state index is 0.338. The third kappa shape index (κ3) is 3.28. The Morgan fingerprint density at radius 2 is 2.11 bits per heavy atom. The van der Waals surface area contributed by atoms with Gasteiger partial charge in [0.25, 0.3) is 0 Å². The molecule has 1 aromatic carbocycles. The van der Waals surface area contributed by atoms with E-state index in [1.807, 2.05) is 18.2 Å². The van der Waals surface area contributed by atoms with Gasteiger partial charge in [-0.05, 0) is 24.0 Å². The molecule has 0 fully saturated rings. The summed E-state index contributed by atoms with van der Waals surface area (Å²) in [5.41, 5.74) is 2.32. The highest BCUT2D eigenvalue weighted by molar-refractivity contribution is 5.61. The van der Waals surface area contributed by atoms with E-state index >= 15 is 0 Å². The SMILES string of the molecule is CNc1ncc(F)c(-c2cccc(CC(C)C)c2)n1. The summed E-state index contributed by atoms with van der Waals surface area (Å²) in [4.78, 5) is 8.04. The lowest BCUT2D eigenvalue weighted by Crippen LogP contribution is -2.00. The van der Waals surface area contributed by atoms with Gasteiger partial charge in [-0.25, -0.2) is 14.4 Å².